The first-order valence-corrected chi connectivity index (χ1v) is 5.23. The topological polar surface area (TPSA) is 95.1 Å². The number of benzene rings is 1. The van der Waals surface area contributed by atoms with Crippen molar-refractivity contribution in [2.24, 2.45) is 0 Å². The van der Waals surface area contributed by atoms with Crippen molar-refractivity contribution in [3.8, 4) is 0 Å². The molecule has 18 heavy (non-hydrogen) atoms. The number of amides is 1. The van der Waals surface area contributed by atoms with E-state index in [1.807, 2.05) is 0 Å². The van der Waals surface area contributed by atoms with Gasteiger partial charge in [0.05, 0.1) is 11.1 Å². The third-order valence-electron chi connectivity index (χ3n) is 2.35. The Hall–Kier alpha value is -2.63. The normalized spacial score (nSPS) is 10.1. The molecule has 0 saturated heterocycles. The molecule has 0 fully saturated rings. The summed E-state index contributed by atoms with van der Waals surface area (Å²) in [4.78, 5) is 22.9. The summed E-state index contributed by atoms with van der Waals surface area (Å²) in [6.07, 6.45) is 0. The number of anilines is 1. The highest BCUT2D eigenvalue weighted by molar-refractivity contribution is 6.10. The number of carboxylic acids is 1. The third kappa shape index (κ3) is 2.37. The lowest BCUT2D eigenvalue weighted by molar-refractivity contribution is 0.0692. The van der Waals surface area contributed by atoms with Crippen molar-refractivity contribution in [2.45, 2.75) is 6.92 Å². The van der Waals surface area contributed by atoms with Gasteiger partial charge >= 0.3 is 5.97 Å². The lowest BCUT2D eigenvalue weighted by atomic mass is 10.1. The molecule has 0 aliphatic rings. The Morgan fingerprint density at radius 2 is 1.94 bits per heavy atom. The van der Waals surface area contributed by atoms with E-state index in [4.69, 9.17) is 5.11 Å². The smallest absolute Gasteiger partial charge is 0.336 e. The Morgan fingerprint density at radius 1 is 1.28 bits per heavy atom. The van der Waals surface area contributed by atoms with Crippen LogP contribution in [0.15, 0.2) is 30.3 Å². The van der Waals surface area contributed by atoms with Crippen LogP contribution in [0.4, 0.5) is 5.82 Å². The van der Waals surface area contributed by atoms with Crippen molar-refractivity contribution in [1.82, 2.24) is 10.2 Å². The second-order valence-electron chi connectivity index (χ2n) is 3.74. The Bertz CT molecular complexity index is 604. The molecule has 0 aliphatic carbocycles. The minimum atomic E-state index is -1.14. The molecule has 6 nitrogen and oxygen atoms in total. The number of carbonyl (C=O) groups is 2. The van der Waals surface area contributed by atoms with Crippen LogP contribution in [0.3, 0.4) is 0 Å². The number of carbonyl (C=O) groups excluding carboxylic acids is 1. The number of aryl methyl sites for hydroxylation is 1. The van der Waals surface area contributed by atoms with E-state index in [1.54, 1.807) is 25.1 Å². The number of nitrogens with one attached hydrogen (secondary N) is 2. The van der Waals surface area contributed by atoms with E-state index in [-0.39, 0.29) is 11.1 Å². The van der Waals surface area contributed by atoms with Gasteiger partial charge in [0.25, 0.3) is 5.91 Å². The Balaban J connectivity index is 2.26. The fraction of sp³-hybridized carbons (Fsp3) is 0.0833. The molecule has 0 spiro atoms. The number of nitrogens with zero attached hydrogens (tertiary/aromatic N) is 1. The van der Waals surface area contributed by atoms with Crippen LogP contribution in [-0.4, -0.2) is 27.2 Å². The lowest BCUT2D eigenvalue weighted by Gasteiger charge is -2.04. The van der Waals surface area contributed by atoms with Gasteiger partial charge in [-0.25, -0.2) is 4.79 Å². The number of rotatable bonds is 3. The predicted octanol–water partition coefficient (Wildman–Crippen LogP) is 1.67. The molecule has 1 amide bonds. The van der Waals surface area contributed by atoms with Crippen LogP contribution >= 0.6 is 0 Å². The number of aromatic nitrogens is 2. The van der Waals surface area contributed by atoms with Crippen LogP contribution in [0, 0.1) is 6.92 Å². The molecular weight excluding hydrogens is 234 g/mol. The average molecular weight is 245 g/mol. The monoisotopic (exact) mass is 245 g/mol. The number of hydrogen-bond acceptors (Lipinski definition) is 3. The zero-order valence-electron chi connectivity index (χ0n) is 9.60. The van der Waals surface area contributed by atoms with Gasteiger partial charge in [-0.2, -0.15) is 5.10 Å². The van der Waals surface area contributed by atoms with Crippen LogP contribution in [0.2, 0.25) is 0 Å². The SMILES string of the molecule is Cc1cc(NC(=O)c2ccccc2C(=O)O)n[nH]1. The summed E-state index contributed by atoms with van der Waals surface area (Å²) in [5, 5.41) is 18.0. The highest BCUT2D eigenvalue weighted by Gasteiger charge is 2.16. The van der Waals surface area contributed by atoms with Crippen molar-refractivity contribution in [2.75, 3.05) is 5.32 Å². The van der Waals surface area contributed by atoms with Gasteiger partial charge in [0.2, 0.25) is 0 Å². The van der Waals surface area contributed by atoms with Crippen molar-refractivity contribution < 1.29 is 14.7 Å². The number of carboxylic acid groups (broad SMARTS) is 1. The minimum Gasteiger partial charge on any atom is -0.478 e. The van der Waals surface area contributed by atoms with E-state index >= 15 is 0 Å². The average Bonchev–Trinajstić information content (AvgIpc) is 2.74. The Kier molecular flexibility index (Phi) is 3.09. The molecular formula is C12H11N3O3. The molecule has 0 aliphatic heterocycles. The quantitative estimate of drug-likeness (QED) is 0.766. The van der Waals surface area contributed by atoms with E-state index in [0.717, 1.165) is 5.69 Å². The number of hydrogen-bond donors (Lipinski definition) is 3. The second kappa shape index (κ2) is 4.70. The van der Waals surface area contributed by atoms with Crippen molar-refractivity contribution in [1.29, 1.82) is 0 Å². The van der Waals surface area contributed by atoms with E-state index < -0.39 is 11.9 Å². The molecule has 0 unspecified atom stereocenters. The zero-order valence-corrected chi connectivity index (χ0v) is 9.60. The molecule has 6 heteroatoms. The van der Waals surface area contributed by atoms with Crippen LogP contribution in [0.1, 0.15) is 26.4 Å². The molecule has 0 saturated carbocycles. The van der Waals surface area contributed by atoms with Crippen molar-refractivity contribution >= 4 is 17.7 Å². The molecule has 0 bridgehead atoms. The molecule has 92 valence electrons. The Morgan fingerprint density at radius 3 is 2.50 bits per heavy atom. The summed E-state index contributed by atoms with van der Waals surface area (Å²) in [6.45, 7) is 1.80. The minimum absolute atomic E-state index is 0.0396. The summed E-state index contributed by atoms with van der Waals surface area (Å²) >= 11 is 0. The fourth-order valence-corrected chi connectivity index (χ4v) is 1.53. The third-order valence-corrected chi connectivity index (χ3v) is 2.35. The maximum atomic E-state index is 11.9. The summed E-state index contributed by atoms with van der Waals surface area (Å²) in [6, 6.07) is 7.67. The second-order valence-corrected chi connectivity index (χ2v) is 3.74. The molecule has 2 rings (SSSR count). The molecule has 0 atom stereocenters. The highest BCUT2D eigenvalue weighted by atomic mass is 16.4. The predicted molar refractivity (Wildman–Crippen MR) is 64.7 cm³/mol. The largest absolute Gasteiger partial charge is 0.478 e. The van der Waals surface area contributed by atoms with Crippen LogP contribution in [-0.2, 0) is 0 Å². The molecule has 1 aromatic carbocycles. The molecule has 0 radical (unpaired) electrons. The fourth-order valence-electron chi connectivity index (χ4n) is 1.53. The van der Waals surface area contributed by atoms with Crippen molar-refractivity contribution in [3.63, 3.8) is 0 Å². The van der Waals surface area contributed by atoms with E-state index in [0.29, 0.717) is 5.82 Å². The first-order valence-electron chi connectivity index (χ1n) is 5.23. The first kappa shape index (κ1) is 11.8. The highest BCUT2D eigenvalue weighted by Crippen LogP contribution is 2.12. The number of H-pyrrole nitrogens is 1. The molecule has 1 aromatic heterocycles. The lowest BCUT2D eigenvalue weighted by Crippen LogP contribution is -2.16. The van der Waals surface area contributed by atoms with Gasteiger partial charge in [0.1, 0.15) is 0 Å². The van der Waals surface area contributed by atoms with Gasteiger partial charge in [-0.05, 0) is 19.1 Å². The van der Waals surface area contributed by atoms with Gasteiger partial charge in [0, 0.05) is 11.8 Å². The Labute approximate surface area is 103 Å². The van der Waals surface area contributed by atoms with Gasteiger partial charge in [-0.15, -0.1) is 0 Å². The summed E-state index contributed by atoms with van der Waals surface area (Å²) in [7, 11) is 0. The maximum absolute atomic E-state index is 11.9. The van der Waals surface area contributed by atoms with E-state index in [9.17, 15) is 9.59 Å². The zero-order chi connectivity index (χ0) is 13.1. The standard InChI is InChI=1S/C12H11N3O3/c1-7-6-10(15-14-7)13-11(16)8-4-2-3-5-9(8)12(17)18/h2-6H,1H3,(H,17,18)(H2,13,14,15,16). The van der Waals surface area contributed by atoms with Crippen molar-refractivity contribution in [3.05, 3.63) is 47.2 Å². The number of aromatic amines is 1. The molecule has 2 aromatic rings. The van der Waals surface area contributed by atoms with Gasteiger partial charge in [-0.1, -0.05) is 12.1 Å². The summed E-state index contributed by atoms with van der Waals surface area (Å²) in [5.74, 6) is -1.28. The number of aromatic carboxylic acids is 1. The first-order chi connectivity index (χ1) is 8.58. The summed E-state index contributed by atoms with van der Waals surface area (Å²) in [5.41, 5.74) is 0.865. The molecule has 1 heterocycles. The van der Waals surface area contributed by atoms with Gasteiger partial charge in [0.15, 0.2) is 5.82 Å². The van der Waals surface area contributed by atoms with Crippen LogP contribution < -0.4 is 5.32 Å². The molecule has 3 N–H and O–H groups in total. The van der Waals surface area contributed by atoms with Crippen LogP contribution in [0.5, 0.6) is 0 Å². The maximum Gasteiger partial charge on any atom is 0.336 e. The van der Waals surface area contributed by atoms with Crippen LogP contribution in [0.25, 0.3) is 0 Å². The van der Waals surface area contributed by atoms with E-state index in [1.165, 1.54) is 12.1 Å². The van der Waals surface area contributed by atoms with Gasteiger partial charge in [-0.3, -0.25) is 9.89 Å². The van der Waals surface area contributed by atoms with Gasteiger partial charge < -0.3 is 10.4 Å². The van der Waals surface area contributed by atoms with E-state index in [2.05, 4.69) is 15.5 Å². The summed E-state index contributed by atoms with van der Waals surface area (Å²) < 4.78 is 0.